The maximum absolute atomic E-state index is 11.9. The predicted molar refractivity (Wildman–Crippen MR) is 87.8 cm³/mol. The minimum Gasteiger partial charge on any atom is -0.354 e. The highest BCUT2D eigenvalue weighted by atomic mass is 16.2. The molecule has 1 amide bonds. The van der Waals surface area contributed by atoms with E-state index in [1.54, 1.807) is 6.21 Å². The van der Waals surface area contributed by atoms with E-state index < -0.39 is 0 Å². The smallest absolute Gasteiger partial charge is 0.245 e. The summed E-state index contributed by atoms with van der Waals surface area (Å²) in [4.78, 5) is 11.9. The Hall–Kier alpha value is -2.82. The van der Waals surface area contributed by atoms with E-state index >= 15 is 0 Å². The molecule has 22 heavy (non-hydrogen) atoms. The number of aryl methyl sites for hydroxylation is 2. The van der Waals surface area contributed by atoms with Crippen LogP contribution in [0.5, 0.6) is 0 Å². The summed E-state index contributed by atoms with van der Waals surface area (Å²) in [7, 11) is 3.91. The van der Waals surface area contributed by atoms with Gasteiger partial charge in [-0.15, -0.1) is 0 Å². The molecule has 0 fully saturated rings. The van der Waals surface area contributed by atoms with Gasteiger partial charge in [-0.2, -0.15) is 5.10 Å². The van der Waals surface area contributed by atoms with Crippen LogP contribution < -0.4 is 5.43 Å². The van der Waals surface area contributed by atoms with Crippen LogP contribution in [0, 0.1) is 0 Å². The fourth-order valence-corrected chi connectivity index (χ4v) is 2.53. The van der Waals surface area contributed by atoms with E-state index in [1.807, 2.05) is 66.0 Å². The quantitative estimate of drug-likeness (QED) is 0.582. The standard InChI is InChI=1S/C17H18N4O/c1-20-9-5-6-14(20)10-17(22)19-18-11-13-12-21(2)16-8-4-3-7-15(13)16/h3-9,11-12H,10H2,1-2H3,(H,19,22). The summed E-state index contributed by atoms with van der Waals surface area (Å²) in [6, 6.07) is 11.9. The molecule has 3 aromatic rings. The number of rotatable bonds is 4. The van der Waals surface area contributed by atoms with E-state index in [0.29, 0.717) is 6.42 Å². The lowest BCUT2D eigenvalue weighted by Gasteiger charge is -2.01. The van der Waals surface area contributed by atoms with Crippen molar-refractivity contribution in [1.82, 2.24) is 14.6 Å². The Bertz CT molecular complexity index is 841. The molecule has 2 heterocycles. The number of amides is 1. The molecule has 112 valence electrons. The van der Waals surface area contributed by atoms with Crippen LogP contribution in [0.2, 0.25) is 0 Å². The second-order valence-electron chi connectivity index (χ2n) is 5.29. The lowest BCUT2D eigenvalue weighted by Crippen LogP contribution is -2.20. The molecule has 1 N–H and O–H groups in total. The number of fused-ring (bicyclic) bond motifs is 1. The zero-order valence-corrected chi connectivity index (χ0v) is 12.7. The molecule has 2 aromatic heterocycles. The van der Waals surface area contributed by atoms with Gasteiger partial charge in [0.25, 0.3) is 0 Å². The Labute approximate surface area is 128 Å². The van der Waals surface area contributed by atoms with E-state index in [9.17, 15) is 4.79 Å². The Balaban J connectivity index is 1.69. The molecule has 1 aromatic carbocycles. The molecular formula is C17H18N4O. The van der Waals surface area contributed by atoms with Crippen molar-refractivity contribution < 1.29 is 4.79 Å². The highest BCUT2D eigenvalue weighted by Crippen LogP contribution is 2.18. The van der Waals surface area contributed by atoms with Gasteiger partial charge in [0.05, 0.1) is 12.6 Å². The zero-order valence-electron chi connectivity index (χ0n) is 12.7. The number of carbonyl (C=O) groups is 1. The second-order valence-corrected chi connectivity index (χ2v) is 5.29. The molecule has 0 radical (unpaired) electrons. The molecule has 5 nitrogen and oxygen atoms in total. The summed E-state index contributed by atoms with van der Waals surface area (Å²) in [5, 5.41) is 5.18. The maximum Gasteiger partial charge on any atom is 0.245 e. The summed E-state index contributed by atoms with van der Waals surface area (Å²) in [6.45, 7) is 0. The summed E-state index contributed by atoms with van der Waals surface area (Å²) in [5.41, 5.74) is 5.66. The Kier molecular flexibility index (Phi) is 3.78. The molecule has 0 aliphatic rings. The van der Waals surface area contributed by atoms with Gasteiger partial charge >= 0.3 is 0 Å². The third kappa shape index (κ3) is 2.79. The average Bonchev–Trinajstić information content (AvgIpc) is 3.04. The van der Waals surface area contributed by atoms with Crippen molar-refractivity contribution in [2.24, 2.45) is 19.2 Å². The van der Waals surface area contributed by atoms with E-state index in [1.165, 1.54) is 0 Å². The van der Waals surface area contributed by atoms with Crippen molar-refractivity contribution >= 4 is 23.0 Å². The molecule has 0 bridgehead atoms. The van der Waals surface area contributed by atoms with Gasteiger partial charge in [-0.1, -0.05) is 18.2 Å². The van der Waals surface area contributed by atoms with Crippen LogP contribution in [0.25, 0.3) is 10.9 Å². The molecule has 0 aliphatic heterocycles. The first-order chi connectivity index (χ1) is 10.6. The largest absolute Gasteiger partial charge is 0.354 e. The average molecular weight is 294 g/mol. The Morgan fingerprint density at radius 1 is 1.18 bits per heavy atom. The molecule has 3 rings (SSSR count). The molecule has 0 atom stereocenters. The summed E-state index contributed by atoms with van der Waals surface area (Å²) < 4.78 is 3.97. The summed E-state index contributed by atoms with van der Waals surface area (Å²) in [5.74, 6) is -0.127. The molecular weight excluding hydrogens is 276 g/mol. The number of benzene rings is 1. The number of hydrogen-bond acceptors (Lipinski definition) is 2. The predicted octanol–water partition coefficient (Wildman–Crippen LogP) is 2.21. The van der Waals surface area contributed by atoms with Crippen molar-refractivity contribution in [1.29, 1.82) is 0 Å². The fourth-order valence-electron chi connectivity index (χ4n) is 2.53. The first-order valence-electron chi connectivity index (χ1n) is 7.11. The number of hydrogen-bond donors (Lipinski definition) is 1. The van der Waals surface area contributed by atoms with Crippen LogP contribution in [0.3, 0.4) is 0 Å². The van der Waals surface area contributed by atoms with E-state index in [0.717, 1.165) is 22.2 Å². The highest BCUT2D eigenvalue weighted by molar-refractivity contribution is 5.99. The van der Waals surface area contributed by atoms with Crippen LogP contribution in [0.1, 0.15) is 11.3 Å². The number of aromatic nitrogens is 2. The van der Waals surface area contributed by atoms with E-state index in [-0.39, 0.29) is 5.91 Å². The van der Waals surface area contributed by atoms with E-state index in [4.69, 9.17) is 0 Å². The van der Waals surface area contributed by atoms with Gasteiger partial charge in [0, 0.05) is 48.6 Å². The van der Waals surface area contributed by atoms with Gasteiger partial charge in [0.15, 0.2) is 0 Å². The van der Waals surface area contributed by atoms with Crippen LogP contribution in [-0.4, -0.2) is 21.3 Å². The van der Waals surface area contributed by atoms with Crippen molar-refractivity contribution in [3.8, 4) is 0 Å². The van der Waals surface area contributed by atoms with Crippen LogP contribution in [0.15, 0.2) is 53.9 Å². The van der Waals surface area contributed by atoms with Gasteiger partial charge in [0.2, 0.25) is 5.91 Å². The number of para-hydroxylation sites is 1. The molecule has 0 unspecified atom stereocenters. The lowest BCUT2D eigenvalue weighted by atomic mass is 10.2. The summed E-state index contributed by atoms with van der Waals surface area (Å²) >= 11 is 0. The first kappa shape index (κ1) is 14.1. The lowest BCUT2D eigenvalue weighted by molar-refractivity contribution is -0.120. The Morgan fingerprint density at radius 2 is 2.00 bits per heavy atom. The van der Waals surface area contributed by atoms with Crippen molar-refractivity contribution in [2.75, 3.05) is 0 Å². The van der Waals surface area contributed by atoms with Crippen molar-refractivity contribution in [2.45, 2.75) is 6.42 Å². The zero-order chi connectivity index (χ0) is 15.5. The van der Waals surface area contributed by atoms with Gasteiger partial charge in [-0.25, -0.2) is 5.43 Å². The monoisotopic (exact) mass is 294 g/mol. The second kappa shape index (κ2) is 5.89. The minimum absolute atomic E-state index is 0.127. The molecule has 0 aliphatic carbocycles. The SMILES string of the molecule is Cn1cccc1CC(=O)NN=Cc1cn(C)c2ccccc12. The van der Waals surface area contributed by atoms with Gasteiger partial charge < -0.3 is 9.13 Å². The molecule has 0 saturated heterocycles. The molecule has 5 heteroatoms. The first-order valence-corrected chi connectivity index (χ1v) is 7.11. The van der Waals surface area contributed by atoms with Crippen LogP contribution in [-0.2, 0) is 25.3 Å². The number of carbonyl (C=O) groups excluding carboxylic acids is 1. The third-order valence-corrected chi connectivity index (χ3v) is 3.71. The van der Waals surface area contributed by atoms with Crippen LogP contribution >= 0.6 is 0 Å². The maximum atomic E-state index is 11.9. The van der Waals surface area contributed by atoms with Crippen molar-refractivity contribution in [3.05, 3.63) is 60.0 Å². The molecule has 0 spiro atoms. The Morgan fingerprint density at radius 3 is 2.77 bits per heavy atom. The van der Waals surface area contributed by atoms with Crippen molar-refractivity contribution in [3.63, 3.8) is 0 Å². The fraction of sp³-hybridized carbons (Fsp3) is 0.176. The topological polar surface area (TPSA) is 51.3 Å². The third-order valence-electron chi connectivity index (χ3n) is 3.71. The van der Waals surface area contributed by atoms with Gasteiger partial charge in [-0.3, -0.25) is 4.79 Å². The van der Waals surface area contributed by atoms with Crippen LogP contribution in [0.4, 0.5) is 0 Å². The highest BCUT2D eigenvalue weighted by Gasteiger charge is 2.05. The van der Waals surface area contributed by atoms with Gasteiger partial charge in [0.1, 0.15) is 0 Å². The number of nitrogens with one attached hydrogen (secondary N) is 1. The molecule has 0 saturated carbocycles. The minimum atomic E-state index is -0.127. The summed E-state index contributed by atoms with van der Waals surface area (Å²) in [6.07, 6.45) is 5.92. The number of hydrazone groups is 1. The van der Waals surface area contributed by atoms with E-state index in [2.05, 4.69) is 16.6 Å². The normalized spacial score (nSPS) is 11.4. The number of nitrogens with zero attached hydrogens (tertiary/aromatic N) is 3. The van der Waals surface area contributed by atoms with Gasteiger partial charge in [-0.05, 0) is 18.2 Å².